The van der Waals surface area contributed by atoms with E-state index in [4.69, 9.17) is 9.84 Å². The third kappa shape index (κ3) is 4.38. The Morgan fingerprint density at radius 2 is 1.89 bits per heavy atom. The highest BCUT2D eigenvalue weighted by atomic mass is 16.6. The van der Waals surface area contributed by atoms with E-state index in [1.165, 1.54) is 4.90 Å². The van der Waals surface area contributed by atoms with Gasteiger partial charge >= 0.3 is 12.1 Å². The first kappa shape index (κ1) is 15.8. The molecule has 1 saturated heterocycles. The number of likely N-dealkylation sites (tertiary alicyclic amines) is 1. The quantitative estimate of drug-likeness (QED) is 0.752. The summed E-state index contributed by atoms with van der Waals surface area (Å²) >= 11 is 0. The number of aliphatic hydroxyl groups excluding tert-OH is 1. The number of carboxylic acids is 1. The summed E-state index contributed by atoms with van der Waals surface area (Å²) in [5.41, 5.74) is -0.605. The van der Waals surface area contributed by atoms with Crippen LogP contribution in [0.5, 0.6) is 0 Å². The Morgan fingerprint density at radius 3 is 2.37 bits per heavy atom. The van der Waals surface area contributed by atoms with Gasteiger partial charge in [0.25, 0.3) is 0 Å². The zero-order valence-corrected chi connectivity index (χ0v) is 11.9. The van der Waals surface area contributed by atoms with Gasteiger partial charge in [-0.2, -0.15) is 0 Å². The van der Waals surface area contributed by atoms with Gasteiger partial charge in [-0.05, 0) is 33.1 Å². The van der Waals surface area contributed by atoms with E-state index < -0.39 is 29.7 Å². The smallest absolute Gasteiger partial charge is 0.410 e. The van der Waals surface area contributed by atoms with Crippen molar-refractivity contribution in [1.82, 2.24) is 4.90 Å². The van der Waals surface area contributed by atoms with Crippen LogP contribution in [-0.4, -0.2) is 52.0 Å². The summed E-state index contributed by atoms with van der Waals surface area (Å²) in [5, 5.41) is 19.1. The van der Waals surface area contributed by atoms with E-state index in [1.807, 2.05) is 0 Å². The van der Waals surface area contributed by atoms with E-state index in [0.717, 1.165) is 0 Å². The standard InChI is InChI=1S/C13H23NO5/c1-8-5-6-14(12(18)19-13(2,3)4)7-9(15)10(8)11(16)17/h8-10,15H,5-7H2,1-4H3,(H,16,17). The molecule has 2 N–H and O–H groups in total. The van der Waals surface area contributed by atoms with Crippen LogP contribution in [0, 0.1) is 11.8 Å². The number of β-amino-alcohol motifs (C(OH)–C–C–N with tert-alkyl or cyclic N) is 1. The zero-order chi connectivity index (χ0) is 14.8. The lowest BCUT2D eigenvalue weighted by atomic mass is 9.88. The first-order valence-electron chi connectivity index (χ1n) is 6.50. The minimum atomic E-state index is -1.07. The highest BCUT2D eigenvalue weighted by Gasteiger charge is 2.37. The molecule has 1 fully saturated rings. The number of amides is 1. The summed E-state index contributed by atoms with van der Waals surface area (Å²) in [6.45, 7) is 7.47. The van der Waals surface area contributed by atoms with Gasteiger partial charge in [0.05, 0.1) is 18.6 Å². The molecule has 0 aromatic rings. The van der Waals surface area contributed by atoms with Gasteiger partial charge in [-0.1, -0.05) is 6.92 Å². The van der Waals surface area contributed by atoms with E-state index in [-0.39, 0.29) is 12.5 Å². The molecule has 0 aromatic heterocycles. The molecular formula is C13H23NO5. The van der Waals surface area contributed by atoms with Crippen molar-refractivity contribution in [2.75, 3.05) is 13.1 Å². The molecule has 0 aliphatic carbocycles. The van der Waals surface area contributed by atoms with Crippen molar-refractivity contribution in [3.63, 3.8) is 0 Å². The Labute approximate surface area is 113 Å². The lowest BCUT2D eigenvalue weighted by molar-refractivity contribution is -0.148. The number of rotatable bonds is 1. The maximum atomic E-state index is 11.9. The van der Waals surface area contributed by atoms with Crippen LogP contribution in [0.2, 0.25) is 0 Å². The summed E-state index contributed by atoms with van der Waals surface area (Å²) in [6, 6.07) is 0. The molecule has 110 valence electrons. The topological polar surface area (TPSA) is 87.1 Å². The molecule has 19 heavy (non-hydrogen) atoms. The third-order valence-electron chi connectivity index (χ3n) is 3.23. The molecule has 3 unspecified atom stereocenters. The largest absolute Gasteiger partial charge is 0.481 e. The van der Waals surface area contributed by atoms with Crippen molar-refractivity contribution in [3.8, 4) is 0 Å². The number of carbonyl (C=O) groups excluding carboxylic acids is 1. The monoisotopic (exact) mass is 273 g/mol. The molecule has 0 bridgehead atoms. The summed E-state index contributed by atoms with van der Waals surface area (Å²) < 4.78 is 5.24. The maximum absolute atomic E-state index is 11.9. The van der Waals surface area contributed by atoms with Crippen molar-refractivity contribution in [1.29, 1.82) is 0 Å². The summed E-state index contributed by atoms with van der Waals surface area (Å²) in [6.07, 6.45) is -1.04. The molecule has 1 aliphatic rings. The molecule has 0 spiro atoms. The number of ether oxygens (including phenoxy) is 1. The van der Waals surface area contributed by atoms with E-state index in [9.17, 15) is 14.7 Å². The van der Waals surface area contributed by atoms with Crippen molar-refractivity contribution >= 4 is 12.1 Å². The zero-order valence-electron chi connectivity index (χ0n) is 11.9. The molecular weight excluding hydrogens is 250 g/mol. The molecule has 1 rings (SSSR count). The fraction of sp³-hybridized carbons (Fsp3) is 0.846. The van der Waals surface area contributed by atoms with E-state index >= 15 is 0 Å². The molecule has 1 aliphatic heterocycles. The van der Waals surface area contributed by atoms with E-state index in [2.05, 4.69) is 0 Å². The predicted molar refractivity (Wildman–Crippen MR) is 68.7 cm³/mol. The van der Waals surface area contributed by atoms with Gasteiger partial charge in [0.1, 0.15) is 5.60 Å². The Kier molecular flexibility index (Phi) is 4.79. The molecule has 0 saturated carbocycles. The lowest BCUT2D eigenvalue weighted by Gasteiger charge is -2.27. The predicted octanol–water partition coefficient (Wildman–Crippen LogP) is 1.32. The van der Waals surface area contributed by atoms with Gasteiger partial charge in [0, 0.05) is 6.54 Å². The van der Waals surface area contributed by atoms with Crippen LogP contribution < -0.4 is 0 Å². The van der Waals surface area contributed by atoms with Gasteiger partial charge in [0.15, 0.2) is 0 Å². The van der Waals surface area contributed by atoms with Crippen molar-refractivity contribution in [2.24, 2.45) is 11.8 Å². The van der Waals surface area contributed by atoms with Crippen molar-refractivity contribution in [3.05, 3.63) is 0 Å². The SMILES string of the molecule is CC1CCN(C(=O)OC(C)(C)C)CC(O)C1C(=O)O. The van der Waals surface area contributed by atoms with Gasteiger partial charge in [-0.3, -0.25) is 4.79 Å². The molecule has 6 heteroatoms. The molecule has 3 atom stereocenters. The van der Waals surface area contributed by atoms with E-state index in [1.54, 1.807) is 27.7 Å². The number of aliphatic hydroxyl groups is 1. The fourth-order valence-corrected chi connectivity index (χ4v) is 2.25. The van der Waals surface area contributed by atoms with Crippen molar-refractivity contribution < 1.29 is 24.5 Å². The Hall–Kier alpha value is -1.30. The van der Waals surface area contributed by atoms with Gasteiger partial charge < -0.3 is 19.8 Å². The number of carbonyl (C=O) groups is 2. The van der Waals surface area contributed by atoms with Gasteiger partial charge in [-0.15, -0.1) is 0 Å². The first-order chi connectivity index (χ1) is 8.61. The lowest BCUT2D eigenvalue weighted by Crippen LogP contribution is -2.42. The molecule has 0 radical (unpaired) electrons. The summed E-state index contributed by atoms with van der Waals surface area (Å²) in [4.78, 5) is 24.5. The van der Waals surface area contributed by atoms with Crippen LogP contribution in [-0.2, 0) is 9.53 Å². The first-order valence-corrected chi connectivity index (χ1v) is 6.50. The number of aliphatic carboxylic acids is 1. The number of nitrogens with zero attached hydrogens (tertiary/aromatic N) is 1. The number of hydrogen-bond acceptors (Lipinski definition) is 4. The van der Waals surface area contributed by atoms with Gasteiger partial charge in [-0.25, -0.2) is 4.79 Å². The molecule has 0 aromatic carbocycles. The second-order valence-corrected chi connectivity index (χ2v) is 6.12. The summed E-state index contributed by atoms with van der Waals surface area (Å²) in [7, 11) is 0. The Bertz CT molecular complexity index is 349. The average molecular weight is 273 g/mol. The minimum absolute atomic E-state index is 0.00375. The van der Waals surface area contributed by atoms with Crippen LogP contribution in [0.1, 0.15) is 34.1 Å². The highest BCUT2D eigenvalue weighted by Crippen LogP contribution is 2.25. The normalized spacial score (nSPS) is 28.7. The second kappa shape index (κ2) is 5.77. The van der Waals surface area contributed by atoms with Crippen LogP contribution in [0.25, 0.3) is 0 Å². The minimum Gasteiger partial charge on any atom is -0.481 e. The van der Waals surface area contributed by atoms with Crippen molar-refractivity contribution in [2.45, 2.75) is 45.8 Å². The molecule has 1 amide bonds. The van der Waals surface area contributed by atoms with Crippen LogP contribution in [0.15, 0.2) is 0 Å². The Morgan fingerprint density at radius 1 is 1.32 bits per heavy atom. The maximum Gasteiger partial charge on any atom is 0.410 e. The van der Waals surface area contributed by atoms with Crippen LogP contribution in [0.3, 0.4) is 0 Å². The number of carboxylic acid groups (broad SMARTS) is 1. The average Bonchev–Trinajstić information content (AvgIpc) is 2.34. The molecule has 6 nitrogen and oxygen atoms in total. The van der Waals surface area contributed by atoms with Gasteiger partial charge in [0.2, 0.25) is 0 Å². The number of hydrogen-bond donors (Lipinski definition) is 2. The highest BCUT2D eigenvalue weighted by molar-refractivity contribution is 5.72. The molecule has 1 heterocycles. The second-order valence-electron chi connectivity index (χ2n) is 6.12. The van der Waals surface area contributed by atoms with Crippen LogP contribution >= 0.6 is 0 Å². The fourth-order valence-electron chi connectivity index (χ4n) is 2.25. The Balaban J connectivity index is 2.75. The van der Waals surface area contributed by atoms with Crippen LogP contribution in [0.4, 0.5) is 4.79 Å². The summed E-state index contributed by atoms with van der Waals surface area (Å²) in [5.74, 6) is -2.04. The third-order valence-corrected chi connectivity index (χ3v) is 3.23. The van der Waals surface area contributed by atoms with E-state index in [0.29, 0.717) is 13.0 Å².